The van der Waals surface area contributed by atoms with Gasteiger partial charge in [0.15, 0.2) is 5.82 Å². The fraction of sp³-hybridized carbons (Fsp3) is 0.353. The van der Waals surface area contributed by atoms with E-state index in [9.17, 15) is 9.59 Å². The van der Waals surface area contributed by atoms with E-state index < -0.39 is 11.5 Å². The van der Waals surface area contributed by atoms with Crippen LogP contribution in [-0.2, 0) is 22.5 Å². The maximum Gasteiger partial charge on any atom is 0.326 e. The van der Waals surface area contributed by atoms with Gasteiger partial charge >= 0.3 is 5.97 Å². The highest BCUT2D eigenvalue weighted by molar-refractivity contribution is 6.29. The van der Waals surface area contributed by atoms with Crippen molar-refractivity contribution in [3.63, 3.8) is 0 Å². The molecule has 7 nitrogen and oxygen atoms in total. The SMILES string of the molecule is CCOC(=O)Cn1c(Cl)cnc(N[C@H](CN)Cc2ccccc2)c1=O. The molecule has 0 fully saturated rings. The average Bonchev–Trinajstić information content (AvgIpc) is 2.61. The summed E-state index contributed by atoms with van der Waals surface area (Å²) >= 11 is 5.99. The van der Waals surface area contributed by atoms with Crippen molar-refractivity contribution in [2.75, 3.05) is 18.5 Å². The summed E-state index contributed by atoms with van der Waals surface area (Å²) in [4.78, 5) is 28.2. The average molecular weight is 365 g/mol. The molecule has 0 aliphatic carbocycles. The predicted octanol–water partition coefficient (Wildman–Crippen LogP) is 1.44. The number of nitrogens with one attached hydrogen (secondary N) is 1. The Labute approximate surface area is 150 Å². The van der Waals surface area contributed by atoms with Gasteiger partial charge in [-0.3, -0.25) is 14.2 Å². The van der Waals surface area contributed by atoms with Crippen molar-refractivity contribution in [2.45, 2.75) is 25.9 Å². The molecule has 0 aliphatic rings. The summed E-state index contributed by atoms with van der Waals surface area (Å²) in [7, 11) is 0. The minimum Gasteiger partial charge on any atom is -0.465 e. The van der Waals surface area contributed by atoms with Gasteiger partial charge in [0.05, 0.1) is 12.8 Å². The van der Waals surface area contributed by atoms with Gasteiger partial charge in [0.25, 0.3) is 5.56 Å². The summed E-state index contributed by atoms with van der Waals surface area (Å²) in [6.45, 7) is 1.97. The highest BCUT2D eigenvalue weighted by Gasteiger charge is 2.16. The highest BCUT2D eigenvalue weighted by atomic mass is 35.5. The lowest BCUT2D eigenvalue weighted by molar-refractivity contribution is -0.143. The number of aromatic nitrogens is 2. The molecule has 1 aromatic carbocycles. The Balaban J connectivity index is 2.18. The summed E-state index contributed by atoms with van der Waals surface area (Å²) < 4.78 is 5.97. The Morgan fingerprint density at radius 1 is 1.40 bits per heavy atom. The second-order valence-electron chi connectivity index (χ2n) is 5.39. The van der Waals surface area contributed by atoms with Crippen LogP contribution in [-0.4, -0.2) is 34.7 Å². The molecule has 0 aliphatic heterocycles. The van der Waals surface area contributed by atoms with Crippen molar-refractivity contribution in [2.24, 2.45) is 5.73 Å². The van der Waals surface area contributed by atoms with Crippen LogP contribution in [0.25, 0.3) is 0 Å². The summed E-state index contributed by atoms with van der Waals surface area (Å²) in [5.74, 6) is -0.441. The number of hydrogen-bond donors (Lipinski definition) is 2. The number of anilines is 1. The van der Waals surface area contributed by atoms with E-state index in [0.29, 0.717) is 13.0 Å². The van der Waals surface area contributed by atoms with Gasteiger partial charge in [-0.25, -0.2) is 4.98 Å². The number of rotatable bonds is 8. The van der Waals surface area contributed by atoms with Crippen LogP contribution in [0.4, 0.5) is 5.82 Å². The Morgan fingerprint density at radius 3 is 2.76 bits per heavy atom. The second-order valence-corrected chi connectivity index (χ2v) is 5.78. The van der Waals surface area contributed by atoms with Crippen LogP contribution in [0, 0.1) is 0 Å². The summed E-state index contributed by atoms with van der Waals surface area (Å²) in [6.07, 6.45) is 1.96. The van der Waals surface area contributed by atoms with E-state index in [0.717, 1.165) is 10.1 Å². The monoisotopic (exact) mass is 364 g/mol. The normalized spacial score (nSPS) is 11.8. The third-order valence-corrected chi connectivity index (χ3v) is 3.85. The lowest BCUT2D eigenvalue weighted by Crippen LogP contribution is -2.36. The molecule has 3 N–H and O–H groups in total. The maximum atomic E-state index is 12.5. The van der Waals surface area contributed by atoms with E-state index in [1.165, 1.54) is 6.20 Å². The fourth-order valence-electron chi connectivity index (χ4n) is 2.33. The molecule has 0 saturated heterocycles. The van der Waals surface area contributed by atoms with E-state index >= 15 is 0 Å². The second kappa shape index (κ2) is 9.19. The Kier molecular flexibility index (Phi) is 6.97. The van der Waals surface area contributed by atoms with Crippen molar-refractivity contribution in [1.29, 1.82) is 0 Å². The molecule has 2 rings (SSSR count). The Bertz CT molecular complexity index is 764. The van der Waals surface area contributed by atoms with Crippen LogP contribution in [0.1, 0.15) is 12.5 Å². The summed E-state index contributed by atoms with van der Waals surface area (Å²) in [5.41, 5.74) is 6.40. The Hall–Kier alpha value is -2.38. The van der Waals surface area contributed by atoms with Crippen LogP contribution in [0.2, 0.25) is 5.15 Å². The minimum absolute atomic E-state index is 0.0657. The molecule has 1 aromatic heterocycles. The standard InChI is InChI=1S/C17H21ClN4O3/c1-2-25-15(23)11-22-14(18)10-20-16(17(22)24)21-13(9-19)8-12-6-4-3-5-7-12/h3-7,10,13H,2,8-9,11,19H2,1H3,(H,20,21)/t13-/m0/s1. The third kappa shape index (κ3) is 5.30. The minimum atomic E-state index is -0.539. The zero-order valence-corrected chi connectivity index (χ0v) is 14.7. The third-order valence-electron chi connectivity index (χ3n) is 3.55. The number of benzene rings is 1. The van der Waals surface area contributed by atoms with Gasteiger partial charge < -0.3 is 15.8 Å². The van der Waals surface area contributed by atoms with Crippen LogP contribution >= 0.6 is 11.6 Å². The van der Waals surface area contributed by atoms with Crippen LogP contribution in [0.3, 0.4) is 0 Å². The zero-order valence-electron chi connectivity index (χ0n) is 13.9. The smallest absolute Gasteiger partial charge is 0.326 e. The van der Waals surface area contributed by atoms with Crippen molar-refractivity contribution in [3.8, 4) is 0 Å². The Morgan fingerprint density at radius 2 is 2.12 bits per heavy atom. The molecule has 1 heterocycles. The first-order valence-corrected chi connectivity index (χ1v) is 8.34. The molecule has 0 unspecified atom stereocenters. The predicted molar refractivity (Wildman–Crippen MR) is 96.8 cm³/mol. The number of esters is 1. The number of hydrogen-bond acceptors (Lipinski definition) is 6. The van der Waals surface area contributed by atoms with Crippen LogP contribution in [0.5, 0.6) is 0 Å². The lowest BCUT2D eigenvalue weighted by Gasteiger charge is -2.18. The van der Waals surface area contributed by atoms with E-state index in [1.807, 2.05) is 30.3 Å². The largest absolute Gasteiger partial charge is 0.465 e. The summed E-state index contributed by atoms with van der Waals surface area (Å²) in [5, 5.41) is 3.10. The summed E-state index contributed by atoms with van der Waals surface area (Å²) in [6, 6.07) is 9.60. The molecule has 25 heavy (non-hydrogen) atoms. The van der Waals surface area contributed by atoms with Gasteiger partial charge in [-0.2, -0.15) is 0 Å². The quantitative estimate of drug-likeness (QED) is 0.688. The van der Waals surface area contributed by atoms with Gasteiger partial charge in [0, 0.05) is 12.6 Å². The van der Waals surface area contributed by atoms with E-state index in [2.05, 4.69) is 10.3 Å². The molecular formula is C17H21ClN4O3. The van der Waals surface area contributed by atoms with Gasteiger partial charge in [-0.1, -0.05) is 41.9 Å². The van der Waals surface area contributed by atoms with Crippen LogP contribution < -0.4 is 16.6 Å². The van der Waals surface area contributed by atoms with Gasteiger partial charge in [-0.15, -0.1) is 0 Å². The molecule has 0 bridgehead atoms. The molecule has 1 atom stereocenters. The van der Waals surface area contributed by atoms with Crippen molar-refractivity contribution in [1.82, 2.24) is 9.55 Å². The number of halogens is 1. The zero-order chi connectivity index (χ0) is 18.2. The maximum absolute atomic E-state index is 12.5. The highest BCUT2D eigenvalue weighted by Crippen LogP contribution is 2.09. The van der Waals surface area contributed by atoms with Crippen LogP contribution in [0.15, 0.2) is 41.3 Å². The molecule has 0 spiro atoms. The number of carbonyl (C=O) groups is 1. The molecule has 8 heteroatoms. The van der Waals surface area contributed by atoms with E-state index in [1.54, 1.807) is 6.92 Å². The molecule has 0 saturated carbocycles. The fourth-order valence-corrected chi connectivity index (χ4v) is 2.52. The first-order valence-electron chi connectivity index (χ1n) is 7.96. The first kappa shape index (κ1) is 19.0. The number of ether oxygens (including phenoxy) is 1. The molecule has 134 valence electrons. The number of carbonyl (C=O) groups excluding carboxylic acids is 1. The molecule has 0 radical (unpaired) electrons. The molecular weight excluding hydrogens is 344 g/mol. The first-order chi connectivity index (χ1) is 12.0. The van der Waals surface area contributed by atoms with Crippen molar-refractivity contribution >= 4 is 23.4 Å². The molecule has 0 amide bonds. The van der Waals surface area contributed by atoms with Gasteiger partial charge in [0.1, 0.15) is 11.7 Å². The van der Waals surface area contributed by atoms with E-state index in [4.69, 9.17) is 22.1 Å². The van der Waals surface area contributed by atoms with Gasteiger partial charge in [0.2, 0.25) is 0 Å². The van der Waals surface area contributed by atoms with Crippen molar-refractivity contribution < 1.29 is 9.53 Å². The van der Waals surface area contributed by atoms with Crippen molar-refractivity contribution in [3.05, 3.63) is 57.6 Å². The molecule has 2 aromatic rings. The lowest BCUT2D eigenvalue weighted by atomic mass is 10.1. The van der Waals surface area contributed by atoms with E-state index in [-0.39, 0.29) is 30.2 Å². The topological polar surface area (TPSA) is 99.2 Å². The number of nitrogens with two attached hydrogens (primary N) is 1. The number of nitrogens with zero attached hydrogens (tertiary/aromatic N) is 2. The van der Waals surface area contributed by atoms with Gasteiger partial charge in [-0.05, 0) is 18.9 Å².